The van der Waals surface area contributed by atoms with Crippen molar-refractivity contribution in [3.8, 4) is 17.2 Å². The van der Waals surface area contributed by atoms with Gasteiger partial charge in [-0.25, -0.2) is 4.90 Å². The highest BCUT2D eigenvalue weighted by Crippen LogP contribution is 2.33. The number of nitrogens with one attached hydrogen (secondary N) is 1. The van der Waals surface area contributed by atoms with Crippen molar-refractivity contribution in [2.24, 2.45) is 10.3 Å². The van der Waals surface area contributed by atoms with Gasteiger partial charge in [-0.05, 0) is 43.3 Å². The van der Waals surface area contributed by atoms with Gasteiger partial charge in [0.25, 0.3) is 11.8 Å². The summed E-state index contributed by atoms with van der Waals surface area (Å²) in [5, 5.41) is 11.8. The fourth-order valence-electron chi connectivity index (χ4n) is 3.73. The number of imide groups is 1. The van der Waals surface area contributed by atoms with E-state index in [0.717, 1.165) is 4.90 Å². The number of fused-ring (bicyclic) bond motifs is 1. The van der Waals surface area contributed by atoms with E-state index in [-0.39, 0.29) is 6.54 Å². The number of ether oxygens (including phenoxy) is 3. The van der Waals surface area contributed by atoms with E-state index >= 15 is 0 Å². The van der Waals surface area contributed by atoms with Crippen molar-refractivity contribution in [2.45, 2.75) is 19.0 Å². The molecule has 3 amide bonds. The van der Waals surface area contributed by atoms with Crippen molar-refractivity contribution in [2.75, 3.05) is 37.6 Å². The first kappa shape index (κ1) is 22.1. The quantitative estimate of drug-likeness (QED) is 0.607. The predicted octanol–water partition coefficient (Wildman–Crippen LogP) is 2.03. The highest BCUT2D eigenvalue weighted by molar-refractivity contribution is 6.25. The lowest BCUT2D eigenvalue weighted by molar-refractivity contribution is -0.123. The standard InChI is InChI=1S/C22H23N5O6/c1-4-33-15-8-6-14(7-9-15)27-21(29)19-20(22(27)30)26(25-24-19)12-18(28)23-13-5-10-16(31-2)17(11-13)32-3/h5-11,19-20H,4,12H2,1-3H3,(H,23,28)/t19-,20-/m1/s1. The lowest BCUT2D eigenvalue weighted by Crippen LogP contribution is -2.43. The number of hydrogen-bond donors (Lipinski definition) is 1. The number of nitrogens with zero attached hydrogens (tertiary/aromatic N) is 4. The molecule has 33 heavy (non-hydrogen) atoms. The number of carbonyl (C=O) groups excluding carboxylic acids is 3. The van der Waals surface area contributed by atoms with Crippen LogP contribution in [0.4, 0.5) is 11.4 Å². The fraction of sp³-hybridized carbons (Fsp3) is 0.318. The number of rotatable bonds is 8. The summed E-state index contributed by atoms with van der Waals surface area (Å²) in [6, 6.07) is 9.60. The van der Waals surface area contributed by atoms with E-state index in [2.05, 4.69) is 15.7 Å². The smallest absolute Gasteiger partial charge is 0.263 e. The third-order valence-electron chi connectivity index (χ3n) is 5.24. The van der Waals surface area contributed by atoms with E-state index in [9.17, 15) is 14.4 Å². The molecule has 1 saturated heterocycles. The van der Waals surface area contributed by atoms with Crippen LogP contribution >= 0.6 is 0 Å². The Morgan fingerprint density at radius 3 is 2.42 bits per heavy atom. The van der Waals surface area contributed by atoms with Crippen LogP contribution in [0.25, 0.3) is 0 Å². The lowest BCUT2D eigenvalue weighted by Gasteiger charge is -2.20. The van der Waals surface area contributed by atoms with Gasteiger partial charge in [-0.3, -0.25) is 19.4 Å². The van der Waals surface area contributed by atoms with Gasteiger partial charge in [0.15, 0.2) is 23.6 Å². The molecule has 0 saturated carbocycles. The first-order valence-electron chi connectivity index (χ1n) is 10.3. The lowest BCUT2D eigenvalue weighted by atomic mass is 10.1. The summed E-state index contributed by atoms with van der Waals surface area (Å²) in [4.78, 5) is 39.6. The molecular formula is C22H23N5O6. The van der Waals surface area contributed by atoms with E-state index in [1.807, 2.05) is 6.92 Å². The average molecular weight is 453 g/mol. The van der Waals surface area contributed by atoms with Crippen LogP contribution in [0.1, 0.15) is 6.92 Å². The minimum atomic E-state index is -0.988. The van der Waals surface area contributed by atoms with Crippen molar-refractivity contribution >= 4 is 29.1 Å². The molecule has 2 aliphatic heterocycles. The molecule has 4 rings (SSSR count). The molecule has 0 bridgehead atoms. The molecule has 172 valence electrons. The van der Waals surface area contributed by atoms with E-state index in [1.165, 1.54) is 19.2 Å². The Balaban J connectivity index is 1.45. The zero-order valence-corrected chi connectivity index (χ0v) is 18.3. The summed E-state index contributed by atoms with van der Waals surface area (Å²) in [5.74, 6) is 0.212. The SMILES string of the molecule is CCOc1ccc(N2C(=O)[C@@H]3N=NN(CC(=O)Nc4ccc(OC)c(OC)c4)[C@H]3C2=O)cc1. The van der Waals surface area contributed by atoms with Crippen LogP contribution < -0.4 is 24.4 Å². The number of carbonyl (C=O) groups is 3. The minimum absolute atomic E-state index is 0.255. The van der Waals surface area contributed by atoms with Gasteiger partial charge in [0.1, 0.15) is 12.3 Å². The van der Waals surface area contributed by atoms with Gasteiger partial charge in [0.05, 0.1) is 26.5 Å². The normalized spacial score (nSPS) is 19.0. The van der Waals surface area contributed by atoms with E-state index in [1.54, 1.807) is 42.5 Å². The minimum Gasteiger partial charge on any atom is -0.494 e. The Hall–Kier alpha value is -4.15. The number of methoxy groups -OCH3 is 2. The number of benzene rings is 2. The van der Waals surface area contributed by atoms with Crippen LogP contribution in [0.15, 0.2) is 52.8 Å². The Kier molecular flexibility index (Phi) is 6.11. The van der Waals surface area contributed by atoms with Crippen molar-refractivity contribution in [3.63, 3.8) is 0 Å². The molecule has 2 heterocycles. The van der Waals surface area contributed by atoms with Crippen molar-refractivity contribution in [1.82, 2.24) is 5.01 Å². The molecule has 2 aliphatic rings. The molecule has 11 nitrogen and oxygen atoms in total. The average Bonchev–Trinajstić information content (AvgIpc) is 3.33. The van der Waals surface area contributed by atoms with Crippen LogP contribution in [-0.2, 0) is 14.4 Å². The summed E-state index contributed by atoms with van der Waals surface area (Å²) < 4.78 is 15.8. The Labute approximate surface area is 189 Å². The second kappa shape index (κ2) is 9.15. The van der Waals surface area contributed by atoms with Gasteiger partial charge in [-0.15, -0.1) is 0 Å². The van der Waals surface area contributed by atoms with Gasteiger partial charge in [0.2, 0.25) is 5.91 Å². The second-order valence-electron chi connectivity index (χ2n) is 7.25. The molecule has 1 N–H and O–H groups in total. The third kappa shape index (κ3) is 4.16. The molecular weight excluding hydrogens is 430 g/mol. The molecule has 11 heteroatoms. The molecule has 1 fully saturated rings. The molecule has 0 unspecified atom stereocenters. The van der Waals surface area contributed by atoms with Crippen LogP contribution in [0.3, 0.4) is 0 Å². The predicted molar refractivity (Wildman–Crippen MR) is 117 cm³/mol. The Morgan fingerprint density at radius 1 is 1.03 bits per heavy atom. The van der Waals surface area contributed by atoms with Crippen LogP contribution in [0, 0.1) is 0 Å². The molecule has 2 aromatic carbocycles. The number of anilines is 2. The van der Waals surface area contributed by atoms with Crippen LogP contribution in [0.5, 0.6) is 17.2 Å². The maximum Gasteiger partial charge on any atom is 0.263 e. The zero-order valence-electron chi connectivity index (χ0n) is 18.3. The summed E-state index contributed by atoms with van der Waals surface area (Å²) in [7, 11) is 3.01. The Morgan fingerprint density at radius 2 is 1.76 bits per heavy atom. The van der Waals surface area contributed by atoms with Gasteiger partial charge in [-0.2, -0.15) is 5.11 Å². The number of amides is 3. The molecule has 0 aliphatic carbocycles. The van der Waals surface area contributed by atoms with Crippen LogP contribution in [0.2, 0.25) is 0 Å². The van der Waals surface area contributed by atoms with Gasteiger partial charge in [-0.1, -0.05) is 5.22 Å². The largest absolute Gasteiger partial charge is 0.494 e. The van der Waals surface area contributed by atoms with E-state index in [0.29, 0.717) is 35.2 Å². The van der Waals surface area contributed by atoms with Crippen molar-refractivity contribution < 1.29 is 28.6 Å². The van der Waals surface area contributed by atoms with Gasteiger partial charge >= 0.3 is 0 Å². The summed E-state index contributed by atoms with van der Waals surface area (Å²) >= 11 is 0. The first-order valence-corrected chi connectivity index (χ1v) is 10.3. The maximum absolute atomic E-state index is 13.1. The topological polar surface area (TPSA) is 122 Å². The molecule has 0 spiro atoms. The van der Waals surface area contributed by atoms with Crippen molar-refractivity contribution in [3.05, 3.63) is 42.5 Å². The molecule has 2 aromatic rings. The van der Waals surface area contributed by atoms with E-state index < -0.39 is 29.8 Å². The van der Waals surface area contributed by atoms with E-state index in [4.69, 9.17) is 14.2 Å². The number of hydrogen-bond acceptors (Lipinski definition) is 9. The Bertz CT molecular complexity index is 1100. The fourth-order valence-corrected chi connectivity index (χ4v) is 3.73. The molecule has 0 aromatic heterocycles. The molecule has 2 atom stereocenters. The van der Waals surface area contributed by atoms with Crippen molar-refractivity contribution in [1.29, 1.82) is 0 Å². The highest BCUT2D eigenvalue weighted by atomic mass is 16.5. The monoisotopic (exact) mass is 453 g/mol. The molecule has 0 radical (unpaired) electrons. The van der Waals surface area contributed by atoms with Gasteiger partial charge in [0, 0.05) is 11.8 Å². The first-order chi connectivity index (χ1) is 16.0. The maximum atomic E-state index is 13.1. The highest BCUT2D eigenvalue weighted by Gasteiger charge is 2.55. The second-order valence-corrected chi connectivity index (χ2v) is 7.25. The summed E-state index contributed by atoms with van der Waals surface area (Å²) in [6.07, 6.45) is 0. The third-order valence-corrected chi connectivity index (χ3v) is 5.24. The zero-order chi connectivity index (χ0) is 23.5. The summed E-state index contributed by atoms with van der Waals surface area (Å²) in [5.41, 5.74) is 0.892. The van der Waals surface area contributed by atoms with Crippen LogP contribution in [-0.4, -0.2) is 62.2 Å². The summed E-state index contributed by atoms with van der Waals surface area (Å²) in [6.45, 7) is 2.12. The van der Waals surface area contributed by atoms with Gasteiger partial charge < -0.3 is 19.5 Å².